The molecule has 0 aromatic heterocycles. The number of hydrogen-bond donors (Lipinski definition) is 1. The molecule has 0 radical (unpaired) electrons. The Labute approximate surface area is 161 Å². The van der Waals surface area contributed by atoms with Crippen molar-refractivity contribution in [1.29, 1.82) is 0 Å². The van der Waals surface area contributed by atoms with E-state index in [2.05, 4.69) is 5.32 Å². The van der Waals surface area contributed by atoms with E-state index in [0.717, 1.165) is 0 Å². The molecule has 7 nitrogen and oxygen atoms in total. The molecule has 1 aromatic carbocycles. The molecular weight excluding hydrogens is 349 g/mol. The minimum absolute atomic E-state index is 0.0886. The highest BCUT2D eigenvalue weighted by molar-refractivity contribution is 6.63. The summed E-state index contributed by atoms with van der Waals surface area (Å²) in [6.07, 6.45) is -0.534. The zero-order chi connectivity index (χ0) is 20.5. The standard InChI is InChI=1S/C19H30BNO6/c1-17(2,3)25-16(22)21-13-9-10-15(24-12-23-8)14(11-13)20-26-18(4,5)19(6,7)27-20/h9-11H,12H2,1-8H3,(H,21,22). The lowest BCUT2D eigenvalue weighted by Gasteiger charge is -2.32. The molecule has 1 heterocycles. The molecule has 0 spiro atoms. The molecule has 1 N–H and O–H groups in total. The smallest absolute Gasteiger partial charge is 0.468 e. The van der Waals surface area contributed by atoms with Crippen molar-refractivity contribution in [3.8, 4) is 5.75 Å². The van der Waals surface area contributed by atoms with Gasteiger partial charge in [-0.15, -0.1) is 0 Å². The van der Waals surface area contributed by atoms with Gasteiger partial charge in [-0.05, 0) is 66.7 Å². The molecule has 1 aromatic rings. The first kappa shape index (κ1) is 21.5. The fraction of sp³-hybridized carbons (Fsp3) is 0.632. The fourth-order valence-electron chi connectivity index (χ4n) is 2.46. The van der Waals surface area contributed by atoms with Gasteiger partial charge >= 0.3 is 13.2 Å². The van der Waals surface area contributed by atoms with Gasteiger partial charge in [0.05, 0.1) is 11.2 Å². The van der Waals surface area contributed by atoms with Crippen LogP contribution in [0, 0.1) is 0 Å². The fourth-order valence-corrected chi connectivity index (χ4v) is 2.46. The van der Waals surface area contributed by atoms with E-state index in [9.17, 15) is 4.79 Å². The summed E-state index contributed by atoms with van der Waals surface area (Å²) in [7, 11) is 0.912. The number of hydrogen-bond acceptors (Lipinski definition) is 6. The van der Waals surface area contributed by atoms with Crippen LogP contribution < -0.4 is 15.5 Å². The summed E-state index contributed by atoms with van der Waals surface area (Å²) in [5, 5.41) is 2.73. The zero-order valence-corrected chi connectivity index (χ0v) is 17.5. The molecule has 1 aliphatic rings. The Hall–Kier alpha value is -1.77. The SMILES string of the molecule is COCOc1ccc(NC(=O)OC(C)(C)C)cc1B1OC(C)(C)C(C)(C)O1. The molecule has 150 valence electrons. The number of benzene rings is 1. The van der Waals surface area contributed by atoms with Crippen molar-refractivity contribution >= 4 is 24.4 Å². The number of carbonyl (C=O) groups excluding carboxylic acids is 1. The van der Waals surface area contributed by atoms with Crippen LogP contribution in [0.25, 0.3) is 0 Å². The first-order valence-electron chi connectivity index (χ1n) is 8.96. The van der Waals surface area contributed by atoms with Crippen LogP contribution in [-0.2, 0) is 18.8 Å². The maximum Gasteiger partial charge on any atom is 0.498 e. The largest absolute Gasteiger partial charge is 0.498 e. The first-order chi connectivity index (χ1) is 12.3. The highest BCUT2D eigenvalue weighted by Crippen LogP contribution is 2.37. The van der Waals surface area contributed by atoms with E-state index in [1.165, 1.54) is 0 Å². The second-order valence-corrected chi connectivity index (χ2v) is 8.52. The second-order valence-electron chi connectivity index (χ2n) is 8.52. The molecular formula is C19H30BNO6. The Bertz CT molecular complexity index is 667. The monoisotopic (exact) mass is 379 g/mol. The van der Waals surface area contributed by atoms with Crippen LogP contribution in [0.4, 0.5) is 10.5 Å². The maximum atomic E-state index is 12.1. The molecule has 1 amide bonds. The van der Waals surface area contributed by atoms with Crippen molar-refractivity contribution in [3.63, 3.8) is 0 Å². The average molecular weight is 379 g/mol. The van der Waals surface area contributed by atoms with Gasteiger partial charge in [0.25, 0.3) is 0 Å². The van der Waals surface area contributed by atoms with Crippen LogP contribution >= 0.6 is 0 Å². The van der Waals surface area contributed by atoms with E-state index in [4.69, 9.17) is 23.5 Å². The van der Waals surface area contributed by atoms with E-state index < -0.39 is 30.0 Å². The van der Waals surface area contributed by atoms with Crippen molar-refractivity contribution < 1.29 is 28.3 Å². The van der Waals surface area contributed by atoms with Gasteiger partial charge in [0, 0.05) is 18.3 Å². The number of ether oxygens (including phenoxy) is 3. The lowest BCUT2D eigenvalue weighted by atomic mass is 9.78. The highest BCUT2D eigenvalue weighted by Gasteiger charge is 2.52. The molecule has 0 unspecified atom stereocenters. The summed E-state index contributed by atoms with van der Waals surface area (Å²) in [5.74, 6) is 0.560. The van der Waals surface area contributed by atoms with Gasteiger partial charge in [0.15, 0.2) is 6.79 Å². The van der Waals surface area contributed by atoms with Gasteiger partial charge in [-0.3, -0.25) is 5.32 Å². The van der Waals surface area contributed by atoms with Crippen LogP contribution in [0.15, 0.2) is 18.2 Å². The third-order valence-electron chi connectivity index (χ3n) is 4.49. The number of nitrogens with one attached hydrogen (secondary N) is 1. The Morgan fingerprint density at radius 3 is 2.26 bits per heavy atom. The van der Waals surface area contributed by atoms with Crippen molar-refractivity contribution in [2.24, 2.45) is 0 Å². The molecule has 0 aliphatic carbocycles. The molecule has 1 saturated heterocycles. The van der Waals surface area contributed by atoms with Crippen LogP contribution in [0.1, 0.15) is 48.5 Å². The predicted molar refractivity (Wildman–Crippen MR) is 105 cm³/mol. The number of rotatable bonds is 5. The summed E-state index contributed by atoms with van der Waals surface area (Å²) in [6, 6.07) is 5.23. The maximum absolute atomic E-state index is 12.1. The Kier molecular flexibility index (Phi) is 6.14. The summed E-state index contributed by atoms with van der Waals surface area (Å²) in [6.45, 7) is 13.4. The van der Waals surface area contributed by atoms with Gasteiger partial charge in [0.2, 0.25) is 0 Å². The van der Waals surface area contributed by atoms with E-state index >= 15 is 0 Å². The molecule has 2 rings (SSSR count). The molecule has 0 bridgehead atoms. The number of carbonyl (C=O) groups is 1. The normalized spacial score (nSPS) is 18.3. The molecule has 1 fully saturated rings. The molecule has 0 atom stereocenters. The van der Waals surface area contributed by atoms with Crippen molar-refractivity contribution in [2.45, 2.75) is 65.3 Å². The number of methoxy groups -OCH3 is 1. The Balaban J connectivity index is 2.29. The van der Waals surface area contributed by atoms with Gasteiger partial charge in [-0.1, -0.05) is 0 Å². The van der Waals surface area contributed by atoms with E-state index in [1.807, 2.05) is 48.5 Å². The first-order valence-corrected chi connectivity index (χ1v) is 8.96. The van der Waals surface area contributed by atoms with Crippen LogP contribution in [0.3, 0.4) is 0 Å². The van der Waals surface area contributed by atoms with Gasteiger partial charge in [0.1, 0.15) is 11.4 Å². The minimum Gasteiger partial charge on any atom is -0.468 e. The number of anilines is 1. The van der Waals surface area contributed by atoms with Crippen LogP contribution in [-0.4, -0.2) is 43.9 Å². The zero-order valence-electron chi connectivity index (χ0n) is 17.5. The molecule has 8 heteroatoms. The van der Waals surface area contributed by atoms with Crippen molar-refractivity contribution in [1.82, 2.24) is 0 Å². The average Bonchev–Trinajstić information content (AvgIpc) is 2.72. The third-order valence-corrected chi connectivity index (χ3v) is 4.49. The Morgan fingerprint density at radius 2 is 1.74 bits per heavy atom. The van der Waals surface area contributed by atoms with Gasteiger partial charge in [-0.25, -0.2) is 4.79 Å². The van der Waals surface area contributed by atoms with Crippen LogP contribution in [0.2, 0.25) is 0 Å². The third kappa shape index (κ3) is 5.37. The minimum atomic E-state index is -0.637. The molecule has 1 aliphatic heterocycles. The summed E-state index contributed by atoms with van der Waals surface area (Å²) >= 11 is 0. The topological polar surface area (TPSA) is 75.3 Å². The molecule has 27 heavy (non-hydrogen) atoms. The summed E-state index contributed by atoms with van der Waals surface area (Å²) in [4.78, 5) is 12.1. The van der Waals surface area contributed by atoms with E-state index in [0.29, 0.717) is 16.9 Å². The van der Waals surface area contributed by atoms with E-state index in [1.54, 1.807) is 25.3 Å². The lowest BCUT2D eigenvalue weighted by Crippen LogP contribution is -2.41. The van der Waals surface area contributed by atoms with Gasteiger partial charge in [-0.2, -0.15) is 0 Å². The summed E-state index contributed by atoms with van der Waals surface area (Å²) < 4.78 is 28.2. The Morgan fingerprint density at radius 1 is 1.15 bits per heavy atom. The van der Waals surface area contributed by atoms with Crippen molar-refractivity contribution in [2.75, 3.05) is 19.2 Å². The predicted octanol–water partition coefficient (Wildman–Crippen LogP) is 3.32. The quantitative estimate of drug-likeness (QED) is 0.625. The number of amides is 1. The van der Waals surface area contributed by atoms with Gasteiger partial charge < -0.3 is 23.5 Å². The highest BCUT2D eigenvalue weighted by atomic mass is 16.7. The summed E-state index contributed by atoms with van der Waals surface area (Å²) in [5.41, 5.74) is -0.353. The molecule has 0 saturated carbocycles. The lowest BCUT2D eigenvalue weighted by molar-refractivity contribution is 0.00578. The van der Waals surface area contributed by atoms with Crippen LogP contribution in [0.5, 0.6) is 5.75 Å². The van der Waals surface area contributed by atoms with E-state index in [-0.39, 0.29) is 6.79 Å². The second kappa shape index (κ2) is 7.69. The van der Waals surface area contributed by atoms with Crippen molar-refractivity contribution in [3.05, 3.63) is 18.2 Å².